The van der Waals surface area contributed by atoms with Gasteiger partial charge in [-0.1, -0.05) is 29.8 Å². The zero-order valence-electron chi connectivity index (χ0n) is 20.9. The lowest BCUT2D eigenvalue weighted by Gasteiger charge is -2.12. The summed E-state index contributed by atoms with van der Waals surface area (Å²) < 4.78 is 4.93. The van der Waals surface area contributed by atoms with E-state index in [0.717, 1.165) is 16.8 Å². The van der Waals surface area contributed by atoms with E-state index in [-0.39, 0.29) is 23.1 Å². The second kappa shape index (κ2) is 9.81. The third kappa shape index (κ3) is 4.65. The summed E-state index contributed by atoms with van der Waals surface area (Å²) in [5.41, 5.74) is 3.47. The molecule has 4 heterocycles. The first-order valence-electron chi connectivity index (χ1n) is 12.1. The van der Waals surface area contributed by atoms with Gasteiger partial charge in [0.1, 0.15) is 22.9 Å². The smallest absolute Gasteiger partial charge is 0.264 e. The zero-order valence-corrected chi connectivity index (χ0v) is 20.9. The van der Waals surface area contributed by atoms with Gasteiger partial charge in [-0.15, -0.1) is 0 Å². The molecule has 0 radical (unpaired) electrons. The van der Waals surface area contributed by atoms with Crippen LogP contribution in [0.2, 0.25) is 0 Å². The number of hydrogen-bond donors (Lipinski definition) is 1. The van der Waals surface area contributed by atoms with Gasteiger partial charge in [-0.25, -0.2) is 14.6 Å². The molecule has 0 aliphatic heterocycles. The molecule has 37 heavy (non-hydrogen) atoms. The van der Waals surface area contributed by atoms with Crippen LogP contribution in [0.4, 0.5) is 0 Å². The highest BCUT2D eigenvalue weighted by atomic mass is 16.2. The van der Waals surface area contributed by atoms with Crippen LogP contribution in [0, 0.1) is 13.8 Å². The highest BCUT2D eigenvalue weighted by Gasteiger charge is 2.16. The largest absolute Gasteiger partial charge is 0.350 e. The molecular weight excluding hydrogens is 470 g/mol. The normalized spacial score (nSPS) is 11.3. The summed E-state index contributed by atoms with van der Waals surface area (Å²) in [7, 11) is 0. The predicted octanol–water partition coefficient (Wildman–Crippen LogP) is 2.42. The van der Waals surface area contributed by atoms with Crippen molar-refractivity contribution in [3.8, 4) is 0 Å². The van der Waals surface area contributed by atoms with Crippen LogP contribution in [0.1, 0.15) is 34.1 Å². The van der Waals surface area contributed by atoms with Crippen LogP contribution < -0.4 is 16.3 Å². The number of benzene rings is 1. The Hall–Kier alpha value is -4.60. The van der Waals surface area contributed by atoms with E-state index in [9.17, 15) is 14.4 Å². The van der Waals surface area contributed by atoms with Crippen LogP contribution in [0.15, 0.2) is 64.7 Å². The van der Waals surface area contributed by atoms with E-state index in [1.165, 1.54) is 12.5 Å². The summed E-state index contributed by atoms with van der Waals surface area (Å²) in [6, 6.07) is 11.4. The molecule has 0 atom stereocenters. The minimum atomic E-state index is -0.473. The number of rotatable bonds is 7. The van der Waals surface area contributed by atoms with E-state index in [4.69, 9.17) is 0 Å². The fourth-order valence-electron chi connectivity index (χ4n) is 4.41. The zero-order chi connectivity index (χ0) is 26.1. The first-order chi connectivity index (χ1) is 17.9. The molecule has 0 aliphatic carbocycles. The summed E-state index contributed by atoms with van der Waals surface area (Å²) in [4.78, 5) is 47.7. The van der Waals surface area contributed by atoms with E-state index >= 15 is 0 Å². The minimum Gasteiger partial charge on any atom is -0.350 e. The maximum atomic E-state index is 13.0. The first kappa shape index (κ1) is 24.1. The Morgan fingerprint density at radius 1 is 1.03 bits per heavy atom. The Labute approximate surface area is 212 Å². The van der Waals surface area contributed by atoms with Gasteiger partial charge in [0.15, 0.2) is 5.65 Å². The lowest BCUT2D eigenvalue weighted by atomic mass is 10.1. The molecule has 0 bridgehead atoms. The molecule has 1 amide bonds. The topological polar surface area (TPSA) is 117 Å². The van der Waals surface area contributed by atoms with Gasteiger partial charge in [0, 0.05) is 25.0 Å². The number of hydrogen-bond acceptors (Lipinski definition) is 6. The molecule has 5 rings (SSSR count). The number of amides is 1. The summed E-state index contributed by atoms with van der Waals surface area (Å²) >= 11 is 0. The van der Waals surface area contributed by atoms with Crippen molar-refractivity contribution in [3.63, 3.8) is 0 Å². The summed E-state index contributed by atoms with van der Waals surface area (Å²) in [5, 5.41) is 7.90. The van der Waals surface area contributed by atoms with E-state index in [1.54, 1.807) is 32.1 Å². The van der Waals surface area contributed by atoms with Crippen molar-refractivity contribution >= 4 is 28.0 Å². The fraction of sp³-hybridized carbons (Fsp3) is 0.259. The number of nitrogens with zero attached hydrogens (tertiary/aromatic N) is 6. The maximum absolute atomic E-state index is 13.0. The van der Waals surface area contributed by atoms with Crippen LogP contribution >= 0.6 is 0 Å². The monoisotopic (exact) mass is 497 g/mol. The Morgan fingerprint density at radius 2 is 1.86 bits per heavy atom. The minimum absolute atomic E-state index is 0.0579. The van der Waals surface area contributed by atoms with Crippen molar-refractivity contribution < 1.29 is 4.79 Å². The maximum Gasteiger partial charge on any atom is 0.264 e. The molecule has 0 spiro atoms. The highest BCUT2D eigenvalue weighted by Crippen LogP contribution is 2.12. The molecule has 10 heteroatoms. The Balaban J connectivity index is 1.32. The number of carbonyl (C=O) groups excluding carboxylic acids is 1. The fourth-order valence-corrected chi connectivity index (χ4v) is 4.41. The van der Waals surface area contributed by atoms with Crippen LogP contribution in [-0.2, 0) is 19.6 Å². The first-order valence-corrected chi connectivity index (χ1v) is 12.1. The van der Waals surface area contributed by atoms with Crippen LogP contribution in [0.3, 0.4) is 0 Å². The molecule has 4 aromatic heterocycles. The molecule has 5 aromatic rings. The van der Waals surface area contributed by atoms with Crippen molar-refractivity contribution in [1.82, 2.24) is 34.2 Å². The number of aromatic nitrogens is 6. The average Bonchev–Trinajstić information content (AvgIpc) is 3.29. The van der Waals surface area contributed by atoms with Gasteiger partial charge in [-0.05, 0) is 38.5 Å². The molecule has 1 aromatic carbocycles. The van der Waals surface area contributed by atoms with Crippen LogP contribution in [-0.4, -0.2) is 41.3 Å². The van der Waals surface area contributed by atoms with Crippen molar-refractivity contribution in [2.24, 2.45) is 0 Å². The third-order valence-electron chi connectivity index (χ3n) is 6.31. The predicted molar refractivity (Wildman–Crippen MR) is 141 cm³/mol. The number of pyridine rings is 2. The second-order valence-corrected chi connectivity index (χ2v) is 9.01. The number of carbonyl (C=O) groups is 1. The van der Waals surface area contributed by atoms with E-state index in [0.29, 0.717) is 41.7 Å². The molecule has 0 fully saturated rings. The molecule has 10 nitrogen and oxygen atoms in total. The van der Waals surface area contributed by atoms with E-state index < -0.39 is 5.91 Å². The average molecular weight is 498 g/mol. The molecule has 1 N–H and O–H groups in total. The van der Waals surface area contributed by atoms with Gasteiger partial charge in [0.05, 0.1) is 24.7 Å². The summed E-state index contributed by atoms with van der Waals surface area (Å²) in [6.45, 7) is 7.28. The Kier molecular flexibility index (Phi) is 6.39. The molecular formula is C27H27N7O3. The SMILES string of the molecule is CCn1cc(C(=O)NCCn2ncc3c(=O)n(Cc4cccc(C)c4)cnc32)c(=O)c2ccc(C)nc21. The number of aryl methyl sites for hydroxylation is 3. The molecule has 188 valence electrons. The quantitative estimate of drug-likeness (QED) is 0.369. The number of nitrogens with one attached hydrogen (secondary N) is 1. The van der Waals surface area contributed by atoms with Crippen molar-refractivity contribution in [2.45, 2.75) is 40.4 Å². The molecule has 0 saturated heterocycles. The van der Waals surface area contributed by atoms with Crippen LogP contribution in [0.5, 0.6) is 0 Å². The van der Waals surface area contributed by atoms with Gasteiger partial charge in [0.25, 0.3) is 11.5 Å². The second-order valence-electron chi connectivity index (χ2n) is 9.01. The van der Waals surface area contributed by atoms with Gasteiger partial charge in [-0.2, -0.15) is 5.10 Å². The van der Waals surface area contributed by atoms with Gasteiger partial charge >= 0.3 is 0 Å². The number of fused-ring (bicyclic) bond motifs is 2. The Bertz CT molecular complexity index is 1760. The van der Waals surface area contributed by atoms with Crippen molar-refractivity contribution in [2.75, 3.05) is 6.54 Å². The van der Waals surface area contributed by atoms with Gasteiger partial charge in [-0.3, -0.25) is 19.0 Å². The van der Waals surface area contributed by atoms with Crippen LogP contribution in [0.25, 0.3) is 22.1 Å². The standard InChI is InChI=1S/C27H27N7O3/c1-4-32-15-22(23(35)20-9-8-18(3)31-25(20)32)26(36)28-10-11-34-24-21(13-30-34)27(37)33(16-29-24)14-19-7-5-6-17(2)12-19/h5-9,12-13,15-16H,4,10-11,14H2,1-3H3,(H,28,36). The van der Waals surface area contributed by atoms with E-state index in [2.05, 4.69) is 20.4 Å². The molecule has 0 saturated carbocycles. The molecule has 0 unspecified atom stereocenters. The van der Waals surface area contributed by atoms with Gasteiger partial charge < -0.3 is 9.88 Å². The van der Waals surface area contributed by atoms with E-state index in [1.807, 2.05) is 45.0 Å². The highest BCUT2D eigenvalue weighted by molar-refractivity contribution is 5.96. The summed E-state index contributed by atoms with van der Waals surface area (Å²) in [6.07, 6.45) is 4.56. The Morgan fingerprint density at radius 3 is 2.65 bits per heavy atom. The lowest BCUT2D eigenvalue weighted by molar-refractivity contribution is 0.0950. The van der Waals surface area contributed by atoms with Crippen molar-refractivity contribution in [3.05, 3.63) is 98.1 Å². The van der Waals surface area contributed by atoms with Gasteiger partial charge in [0.2, 0.25) is 5.43 Å². The molecule has 0 aliphatic rings. The third-order valence-corrected chi connectivity index (χ3v) is 6.31. The van der Waals surface area contributed by atoms with Crippen molar-refractivity contribution in [1.29, 1.82) is 0 Å². The summed E-state index contributed by atoms with van der Waals surface area (Å²) in [5.74, 6) is -0.473. The lowest BCUT2D eigenvalue weighted by Crippen LogP contribution is -2.32.